The van der Waals surface area contributed by atoms with Crippen LogP contribution in [0.25, 0.3) is 0 Å². The van der Waals surface area contributed by atoms with Crippen molar-refractivity contribution in [2.75, 3.05) is 26.2 Å². The standard InChI is InChI=1S/C17H28N2/c1-3-18(14-16-10-6-5-7-11-16)15-17-12-8-9-13-19(17)4-2/h5-7,10-11,17H,3-4,8-9,12-15H2,1-2H3. The summed E-state index contributed by atoms with van der Waals surface area (Å²) >= 11 is 0. The molecule has 0 aliphatic carbocycles. The smallest absolute Gasteiger partial charge is 0.0234 e. The highest BCUT2D eigenvalue weighted by Gasteiger charge is 2.22. The third-order valence-corrected chi connectivity index (χ3v) is 4.32. The van der Waals surface area contributed by atoms with Crippen molar-refractivity contribution in [2.24, 2.45) is 0 Å². The molecule has 1 aliphatic rings. The van der Waals surface area contributed by atoms with Gasteiger partial charge in [0.15, 0.2) is 0 Å². The van der Waals surface area contributed by atoms with Crippen LogP contribution in [0.3, 0.4) is 0 Å². The maximum atomic E-state index is 2.66. The molecular formula is C17H28N2. The van der Waals surface area contributed by atoms with Crippen LogP contribution in [0.5, 0.6) is 0 Å². The monoisotopic (exact) mass is 260 g/mol. The number of rotatable bonds is 6. The fourth-order valence-electron chi connectivity index (χ4n) is 3.13. The lowest BCUT2D eigenvalue weighted by atomic mass is 10.0. The van der Waals surface area contributed by atoms with Gasteiger partial charge in [-0.1, -0.05) is 50.6 Å². The van der Waals surface area contributed by atoms with E-state index in [2.05, 4.69) is 54.0 Å². The average molecular weight is 260 g/mol. The van der Waals surface area contributed by atoms with Crippen LogP contribution < -0.4 is 0 Å². The van der Waals surface area contributed by atoms with E-state index in [1.54, 1.807) is 0 Å². The molecule has 2 heteroatoms. The third-order valence-electron chi connectivity index (χ3n) is 4.32. The van der Waals surface area contributed by atoms with E-state index in [4.69, 9.17) is 0 Å². The number of likely N-dealkylation sites (tertiary alicyclic amines) is 1. The van der Waals surface area contributed by atoms with Crippen LogP contribution in [0, 0.1) is 0 Å². The van der Waals surface area contributed by atoms with Crippen LogP contribution in [0.4, 0.5) is 0 Å². The largest absolute Gasteiger partial charge is 0.299 e. The van der Waals surface area contributed by atoms with Crippen LogP contribution in [0.1, 0.15) is 38.7 Å². The Morgan fingerprint density at radius 2 is 1.95 bits per heavy atom. The molecule has 0 aromatic heterocycles. The maximum absolute atomic E-state index is 2.66. The van der Waals surface area contributed by atoms with Gasteiger partial charge >= 0.3 is 0 Å². The summed E-state index contributed by atoms with van der Waals surface area (Å²) in [4.78, 5) is 5.26. The first-order valence-corrected chi connectivity index (χ1v) is 7.83. The molecule has 0 N–H and O–H groups in total. The molecule has 0 bridgehead atoms. The molecule has 1 aromatic rings. The highest BCUT2D eigenvalue weighted by Crippen LogP contribution is 2.18. The maximum Gasteiger partial charge on any atom is 0.0234 e. The molecule has 0 saturated carbocycles. The Bertz CT molecular complexity index is 350. The number of hydrogen-bond donors (Lipinski definition) is 0. The molecule has 0 spiro atoms. The zero-order valence-corrected chi connectivity index (χ0v) is 12.5. The van der Waals surface area contributed by atoms with Crippen molar-refractivity contribution in [1.29, 1.82) is 0 Å². The van der Waals surface area contributed by atoms with Gasteiger partial charge in [-0.3, -0.25) is 9.80 Å². The summed E-state index contributed by atoms with van der Waals surface area (Å²) in [6, 6.07) is 11.6. The molecule has 0 amide bonds. The molecule has 1 saturated heterocycles. The average Bonchev–Trinajstić information content (AvgIpc) is 2.48. The Kier molecular flexibility index (Phi) is 5.87. The first kappa shape index (κ1) is 14.5. The summed E-state index contributed by atoms with van der Waals surface area (Å²) in [6.07, 6.45) is 4.17. The molecule has 1 aromatic carbocycles. The number of nitrogens with zero attached hydrogens (tertiary/aromatic N) is 2. The number of likely N-dealkylation sites (N-methyl/N-ethyl adjacent to an activating group) is 2. The van der Waals surface area contributed by atoms with Gasteiger partial charge < -0.3 is 0 Å². The Hall–Kier alpha value is -0.860. The fourth-order valence-corrected chi connectivity index (χ4v) is 3.13. The molecule has 1 aliphatic heterocycles. The van der Waals surface area contributed by atoms with Crippen LogP contribution in [-0.4, -0.2) is 42.0 Å². The Morgan fingerprint density at radius 1 is 1.16 bits per heavy atom. The van der Waals surface area contributed by atoms with E-state index in [0.717, 1.165) is 19.1 Å². The van der Waals surface area contributed by atoms with Crippen LogP contribution >= 0.6 is 0 Å². The van der Waals surface area contributed by atoms with Crippen molar-refractivity contribution in [3.63, 3.8) is 0 Å². The number of hydrogen-bond acceptors (Lipinski definition) is 2. The molecule has 19 heavy (non-hydrogen) atoms. The van der Waals surface area contributed by atoms with E-state index in [0.29, 0.717) is 0 Å². The lowest BCUT2D eigenvalue weighted by Crippen LogP contribution is -2.46. The minimum Gasteiger partial charge on any atom is -0.299 e. The van der Waals surface area contributed by atoms with Crippen molar-refractivity contribution < 1.29 is 0 Å². The summed E-state index contributed by atoms with van der Waals surface area (Å²) in [5, 5.41) is 0. The first-order valence-electron chi connectivity index (χ1n) is 7.83. The van der Waals surface area contributed by atoms with E-state index in [1.165, 1.54) is 44.5 Å². The van der Waals surface area contributed by atoms with Gasteiger partial charge in [0.05, 0.1) is 0 Å². The van der Waals surface area contributed by atoms with Gasteiger partial charge in [-0.05, 0) is 38.0 Å². The van der Waals surface area contributed by atoms with E-state index >= 15 is 0 Å². The molecule has 2 rings (SSSR count). The normalized spacial score (nSPS) is 20.9. The first-order chi connectivity index (χ1) is 9.33. The number of benzene rings is 1. The SMILES string of the molecule is CCN(Cc1ccccc1)CC1CCCCN1CC. The van der Waals surface area contributed by atoms with Crippen molar-refractivity contribution in [1.82, 2.24) is 9.80 Å². The van der Waals surface area contributed by atoms with Crippen molar-refractivity contribution >= 4 is 0 Å². The topological polar surface area (TPSA) is 6.48 Å². The third kappa shape index (κ3) is 4.32. The number of piperidine rings is 1. The predicted octanol–water partition coefficient (Wildman–Crippen LogP) is 3.38. The van der Waals surface area contributed by atoms with E-state index in [9.17, 15) is 0 Å². The molecule has 106 valence electrons. The molecule has 1 unspecified atom stereocenters. The minimum absolute atomic E-state index is 0.766. The second-order valence-corrected chi connectivity index (χ2v) is 5.59. The Morgan fingerprint density at radius 3 is 2.63 bits per heavy atom. The van der Waals surface area contributed by atoms with Gasteiger partial charge in [-0.25, -0.2) is 0 Å². The second-order valence-electron chi connectivity index (χ2n) is 5.59. The lowest BCUT2D eigenvalue weighted by molar-refractivity contribution is 0.108. The molecule has 1 atom stereocenters. The van der Waals surface area contributed by atoms with Crippen molar-refractivity contribution in [3.8, 4) is 0 Å². The van der Waals surface area contributed by atoms with Gasteiger partial charge in [-0.2, -0.15) is 0 Å². The highest BCUT2D eigenvalue weighted by atomic mass is 15.2. The molecule has 1 heterocycles. The Labute approximate surface area is 118 Å². The van der Waals surface area contributed by atoms with Gasteiger partial charge in [0.25, 0.3) is 0 Å². The van der Waals surface area contributed by atoms with Crippen LogP contribution in [-0.2, 0) is 6.54 Å². The quantitative estimate of drug-likeness (QED) is 0.773. The van der Waals surface area contributed by atoms with Crippen LogP contribution in [0.2, 0.25) is 0 Å². The minimum atomic E-state index is 0.766. The summed E-state index contributed by atoms with van der Waals surface area (Å²) in [7, 11) is 0. The van der Waals surface area contributed by atoms with Crippen LogP contribution in [0.15, 0.2) is 30.3 Å². The molecule has 0 radical (unpaired) electrons. The molecular weight excluding hydrogens is 232 g/mol. The van der Waals surface area contributed by atoms with Crippen molar-refractivity contribution in [3.05, 3.63) is 35.9 Å². The molecule has 1 fully saturated rings. The summed E-state index contributed by atoms with van der Waals surface area (Å²) < 4.78 is 0. The van der Waals surface area contributed by atoms with Gasteiger partial charge in [0.1, 0.15) is 0 Å². The van der Waals surface area contributed by atoms with E-state index < -0.39 is 0 Å². The summed E-state index contributed by atoms with van der Waals surface area (Å²) in [5.41, 5.74) is 1.43. The van der Waals surface area contributed by atoms with Crippen molar-refractivity contribution in [2.45, 2.75) is 45.7 Å². The Balaban J connectivity index is 1.90. The van der Waals surface area contributed by atoms with Gasteiger partial charge in [0.2, 0.25) is 0 Å². The zero-order chi connectivity index (χ0) is 13.5. The van der Waals surface area contributed by atoms with E-state index in [1.807, 2.05) is 0 Å². The zero-order valence-electron chi connectivity index (χ0n) is 12.5. The summed E-state index contributed by atoms with van der Waals surface area (Å²) in [5.74, 6) is 0. The van der Waals surface area contributed by atoms with E-state index in [-0.39, 0.29) is 0 Å². The predicted molar refractivity (Wildman–Crippen MR) is 82.3 cm³/mol. The lowest BCUT2D eigenvalue weighted by Gasteiger charge is -2.38. The van der Waals surface area contributed by atoms with Gasteiger partial charge in [0, 0.05) is 19.1 Å². The summed E-state index contributed by atoms with van der Waals surface area (Å²) in [6.45, 7) is 10.5. The highest BCUT2D eigenvalue weighted by molar-refractivity contribution is 5.14. The fraction of sp³-hybridized carbons (Fsp3) is 0.647. The van der Waals surface area contributed by atoms with Gasteiger partial charge in [-0.15, -0.1) is 0 Å². The molecule has 2 nitrogen and oxygen atoms in total. The second kappa shape index (κ2) is 7.66.